The zero-order valence-electron chi connectivity index (χ0n) is 8.23. The van der Waals surface area contributed by atoms with Crippen molar-refractivity contribution in [1.29, 1.82) is 0 Å². The van der Waals surface area contributed by atoms with E-state index >= 15 is 0 Å². The zero-order chi connectivity index (χ0) is 10.4. The van der Waals surface area contributed by atoms with Crippen LogP contribution in [0.3, 0.4) is 0 Å². The third kappa shape index (κ3) is 3.18. The lowest BCUT2D eigenvalue weighted by Gasteiger charge is -1.99. The number of carbonyl (C=O) groups excluding carboxylic acids is 1. The van der Waals surface area contributed by atoms with E-state index in [0.717, 1.165) is 6.54 Å². The fourth-order valence-electron chi connectivity index (χ4n) is 1.06. The van der Waals surface area contributed by atoms with Gasteiger partial charge in [0.2, 0.25) is 5.91 Å². The largest absolute Gasteiger partial charge is 0.396 e. The van der Waals surface area contributed by atoms with Crippen LogP contribution in [0.5, 0.6) is 0 Å². The fourth-order valence-corrected chi connectivity index (χ4v) is 1.06. The molecule has 0 radical (unpaired) electrons. The van der Waals surface area contributed by atoms with Gasteiger partial charge in [-0.15, -0.1) is 0 Å². The lowest BCUT2D eigenvalue weighted by atomic mass is 10.3. The van der Waals surface area contributed by atoms with Gasteiger partial charge >= 0.3 is 0 Å². The first-order valence-corrected chi connectivity index (χ1v) is 4.69. The molecule has 2 N–H and O–H groups in total. The zero-order valence-corrected chi connectivity index (χ0v) is 8.23. The van der Waals surface area contributed by atoms with Gasteiger partial charge in [-0.1, -0.05) is 0 Å². The molecule has 0 atom stereocenters. The molecule has 0 aliphatic heterocycles. The van der Waals surface area contributed by atoms with Gasteiger partial charge in [0, 0.05) is 25.8 Å². The van der Waals surface area contributed by atoms with Gasteiger partial charge in [0.05, 0.1) is 11.9 Å². The van der Waals surface area contributed by atoms with Crippen LogP contribution in [0.1, 0.15) is 19.8 Å². The molecule has 5 nitrogen and oxygen atoms in total. The number of anilines is 1. The van der Waals surface area contributed by atoms with Crippen LogP contribution in [0.4, 0.5) is 5.69 Å². The number of aliphatic hydroxyl groups is 1. The van der Waals surface area contributed by atoms with E-state index < -0.39 is 0 Å². The number of aromatic nitrogens is 2. The van der Waals surface area contributed by atoms with Crippen molar-refractivity contribution in [2.45, 2.75) is 26.3 Å². The molecule has 78 valence electrons. The maximum absolute atomic E-state index is 11.2. The normalized spacial score (nSPS) is 10.1. The summed E-state index contributed by atoms with van der Waals surface area (Å²) in [5, 5.41) is 15.2. The van der Waals surface area contributed by atoms with Gasteiger partial charge in [-0.25, -0.2) is 0 Å². The lowest BCUT2D eigenvalue weighted by molar-refractivity contribution is -0.116. The lowest BCUT2D eigenvalue weighted by Crippen LogP contribution is -2.11. The van der Waals surface area contributed by atoms with Crippen LogP contribution in [0.2, 0.25) is 0 Å². The van der Waals surface area contributed by atoms with Crippen LogP contribution in [-0.4, -0.2) is 27.4 Å². The van der Waals surface area contributed by atoms with E-state index in [1.807, 2.05) is 6.92 Å². The molecule has 5 heteroatoms. The fraction of sp³-hybridized carbons (Fsp3) is 0.556. The molecule has 0 saturated carbocycles. The average Bonchev–Trinajstić information content (AvgIpc) is 2.62. The number of aryl methyl sites for hydroxylation is 1. The molecule has 0 aromatic carbocycles. The molecule has 0 aliphatic rings. The summed E-state index contributed by atoms with van der Waals surface area (Å²) in [7, 11) is 0. The molecule has 1 aromatic heterocycles. The molecule has 1 rings (SSSR count). The van der Waals surface area contributed by atoms with Crippen molar-refractivity contribution in [3.63, 3.8) is 0 Å². The van der Waals surface area contributed by atoms with Crippen molar-refractivity contribution in [3.05, 3.63) is 12.4 Å². The number of aliphatic hydroxyl groups excluding tert-OH is 1. The predicted octanol–water partition coefficient (Wildman–Crippen LogP) is 0.614. The van der Waals surface area contributed by atoms with E-state index in [1.165, 1.54) is 0 Å². The van der Waals surface area contributed by atoms with Gasteiger partial charge in [-0.3, -0.25) is 9.48 Å². The van der Waals surface area contributed by atoms with Crippen LogP contribution in [0.15, 0.2) is 12.4 Å². The Bertz CT molecular complexity index is 296. The minimum absolute atomic E-state index is 0.0433. The molecule has 0 unspecified atom stereocenters. The molecule has 1 aromatic rings. The Labute approximate surface area is 82.7 Å². The first kappa shape index (κ1) is 10.7. The highest BCUT2D eigenvalue weighted by Crippen LogP contribution is 2.05. The summed E-state index contributed by atoms with van der Waals surface area (Å²) in [6.07, 6.45) is 4.22. The van der Waals surface area contributed by atoms with E-state index in [-0.39, 0.29) is 12.5 Å². The van der Waals surface area contributed by atoms with E-state index in [0.29, 0.717) is 18.5 Å². The Balaban J connectivity index is 2.39. The average molecular weight is 197 g/mol. The summed E-state index contributed by atoms with van der Waals surface area (Å²) < 4.78 is 1.74. The second-order valence-corrected chi connectivity index (χ2v) is 2.96. The molecule has 1 heterocycles. The number of nitrogens with one attached hydrogen (secondary N) is 1. The molecule has 0 aliphatic carbocycles. The minimum Gasteiger partial charge on any atom is -0.396 e. The first-order chi connectivity index (χ1) is 6.76. The molecular weight excluding hydrogens is 182 g/mol. The minimum atomic E-state index is -0.0882. The first-order valence-electron chi connectivity index (χ1n) is 4.69. The van der Waals surface area contributed by atoms with Crippen molar-refractivity contribution < 1.29 is 9.90 Å². The van der Waals surface area contributed by atoms with E-state index in [9.17, 15) is 4.79 Å². The number of hydrogen-bond donors (Lipinski definition) is 2. The second kappa shape index (κ2) is 5.39. The standard InChI is InChI=1S/C9H15N3O2/c1-2-12-7-8(6-10-12)11-9(14)4-3-5-13/h6-7,13H,2-5H2,1H3,(H,11,14). The number of rotatable bonds is 5. The number of nitrogens with zero attached hydrogens (tertiary/aromatic N) is 2. The van der Waals surface area contributed by atoms with Gasteiger partial charge in [-0.05, 0) is 13.3 Å². The van der Waals surface area contributed by atoms with Gasteiger partial charge in [0.1, 0.15) is 0 Å². The van der Waals surface area contributed by atoms with Gasteiger partial charge < -0.3 is 10.4 Å². The Morgan fingerprint density at radius 1 is 1.71 bits per heavy atom. The monoisotopic (exact) mass is 197 g/mol. The molecular formula is C9H15N3O2. The van der Waals surface area contributed by atoms with Crippen LogP contribution < -0.4 is 5.32 Å². The highest BCUT2D eigenvalue weighted by molar-refractivity contribution is 5.90. The van der Waals surface area contributed by atoms with Crippen LogP contribution in [-0.2, 0) is 11.3 Å². The van der Waals surface area contributed by atoms with E-state index in [2.05, 4.69) is 10.4 Å². The number of amides is 1. The van der Waals surface area contributed by atoms with Crippen LogP contribution >= 0.6 is 0 Å². The van der Waals surface area contributed by atoms with Gasteiger partial charge in [0.15, 0.2) is 0 Å². The Morgan fingerprint density at radius 3 is 3.07 bits per heavy atom. The van der Waals surface area contributed by atoms with Crippen molar-refractivity contribution in [2.75, 3.05) is 11.9 Å². The topological polar surface area (TPSA) is 67.2 Å². The van der Waals surface area contributed by atoms with E-state index in [4.69, 9.17) is 5.11 Å². The van der Waals surface area contributed by atoms with E-state index in [1.54, 1.807) is 17.1 Å². The summed E-state index contributed by atoms with van der Waals surface area (Å²) in [6.45, 7) is 2.80. The summed E-state index contributed by atoms with van der Waals surface area (Å²) in [5.74, 6) is -0.0882. The van der Waals surface area contributed by atoms with Crippen LogP contribution in [0.25, 0.3) is 0 Å². The summed E-state index contributed by atoms with van der Waals surface area (Å²) >= 11 is 0. The SMILES string of the molecule is CCn1cc(NC(=O)CCCO)cn1. The highest BCUT2D eigenvalue weighted by atomic mass is 16.3. The highest BCUT2D eigenvalue weighted by Gasteiger charge is 2.03. The molecule has 1 amide bonds. The summed E-state index contributed by atoms with van der Waals surface area (Å²) in [6, 6.07) is 0. The summed E-state index contributed by atoms with van der Waals surface area (Å²) in [5.41, 5.74) is 0.704. The summed E-state index contributed by atoms with van der Waals surface area (Å²) in [4.78, 5) is 11.2. The quantitative estimate of drug-likeness (QED) is 0.727. The maximum atomic E-state index is 11.2. The third-order valence-electron chi connectivity index (χ3n) is 1.80. The third-order valence-corrected chi connectivity index (χ3v) is 1.80. The molecule has 14 heavy (non-hydrogen) atoms. The molecule has 0 bridgehead atoms. The smallest absolute Gasteiger partial charge is 0.224 e. The van der Waals surface area contributed by atoms with Gasteiger partial charge in [0.25, 0.3) is 0 Å². The molecule has 0 fully saturated rings. The van der Waals surface area contributed by atoms with Crippen molar-refractivity contribution in [1.82, 2.24) is 9.78 Å². The molecule has 0 spiro atoms. The van der Waals surface area contributed by atoms with Crippen LogP contribution in [0, 0.1) is 0 Å². The Hall–Kier alpha value is -1.36. The Morgan fingerprint density at radius 2 is 2.50 bits per heavy atom. The van der Waals surface area contributed by atoms with Gasteiger partial charge in [-0.2, -0.15) is 5.10 Å². The predicted molar refractivity (Wildman–Crippen MR) is 52.9 cm³/mol. The maximum Gasteiger partial charge on any atom is 0.224 e. The second-order valence-electron chi connectivity index (χ2n) is 2.96. The van der Waals surface area contributed by atoms with Crippen molar-refractivity contribution in [3.8, 4) is 0 Å². The Kier molecular flexibility index (Phi) is 4.12. The van der Waals surface area contributed by atoms with Crippen molar-refractivity contribution >= 4 is 11.6 Å². The van der Waals surface area contributed by atoms with Crippen molar-refractivity contribution in [2.24, 2.45) is 0 Å². The molecule has 0 saturated heterocycles. The number of carbonyl (C=O) groups is 1. The number of hydrogen-bond acceptors (Lipinski definition) is 3.